The van der Waals surface area contributed by atoms with Crippen molar-refractivity contribution in [1.82, 2.24) is 4.31 Å². The molecule has 0 aliphatic carbocycles. The van der Waals surface area contributed by atoms with E-state index in [-0.39, 0.29) is 16.6 Å². The van der Waals surface area contributed by atoms with Crippen molar-refractivity contribution in [2.24, 2.45) is 11.8 Å². The number of nitrogens with one attached hydrogen (secondary N) is 1. The first-order valence-corrected chi connectivity index (χ1v) is 12.4. The fourth-order valence-corrected chi connectivity index (χ4v) is 6.30. The number of furan rings is 1. The molecule has 1 fully saturated rings. The summed E-state index contributed by atoms with van der Waals surface area (Å²) >= 11 is 0. The molecule has 2 heterocycles. The molecule has 2 atom stereocenters. The van der Waals surface area contributed by atoms with E-state index in [2.05, 4.69) is 19.2 Å². The molecular formula is C25H30N2O4S. The average Bonchev–Trinajstić information content (AvgIpc) is 3.07. The molecular weight excluding hydrogens is 424 g/mol. The van der Waals surface area contributed by atoms with Gasteiger partial charge in [-0.15, -0.1) is 0 Å². The Labute approximate surface area is 189 Å². The van der Waals surface area contributed by atoms with Crippen LogP contribution in [0.5, 0.6) is 0 Å². The summed E-state index contributed by atoms with van der Waals surface area (Å²) in [4.78, 5) is 13.2. The second kappa shape index (κ2) is 8.37. The van der Waals surface area contributed by atoms with E-state index in [0.29, 0.717) is 41.5 Å². The molecule has 0 unspecified atom stereocenters. The van der Waals surface area contributed by atoms with Gasteiger partial charge in [0.2, 0.25) is 10.0 Å². The van der Waals surface area contributed by atoms with Crippen LogP contribution in [-0.2, 0) is 10.0 Å². The molecule has 4 rings (SSSR count). The van der Waals surface area contributed by atoms with Gasteiger partial charge in [-0.1, -0.05) is 26.0 Å². The van der Waals surface area contributed by atoms with Gasteiger partial charge in [0.05, 0.1) is 4.90 Å². The van der Waals surface area contributed by atoms with Gasteiger partial charge < -0.3 is 9.73 Å². The van der Waals surface area contributed by atoms with Crippen molar-refractivity contribution in [2.75, 3.05) is 18.4 Å². The number of carbonyl (C=O) groups is 1. The van der Waals surface area contributed by atoms with Gasteiger partial charge in [0, 0.05) is 29.7 Å². The summed E-state index contributed by atoms with van der Waals surface area (Å²) < 4.78 is 34.0. The molecule has 170 valence electrons. The molecule has 7 heteroatoms. The molecule has 32 heavy (non-hydrogen) atoms. The molecule has 1 aliphatic heterocycles. The van der Waals surface area contributed by atoms with Crippen LogP contribution in [-0.4, -0.2) is 31.7 Å². The van der Waals surface area contributed by atoms with Gasteiger partial charge in [-0.05, 0) is 74.4 Å². The van der Waals surface area contributed by atoms with Crippen molar-refractivity contribution in [3.63, 3.8) is 0 Å². The quantitative estimate of drug-likeness (QED) is 0.582. The highest BCUT2D eigenvalue weighted by Gasteiger charge is 2.32. The Morgan fingerprint density at radius 2 is 1.72 bits per heavy atom. The normalized spacial score (nSPS) is 19.9. The second-order valence-electron chi connectivity index (χ2n) is 9.18. The largest absolute Gasteiger partial charge is 0.451 e. The zero-order valence-corrected chi connectivity index (χ0v) is 20.0. The smallest absolute Gasteiger partial charge is 0.291 e. The fraction of sp³-hybridized carbons (Fsp3) is 0.400. The maximum absolute atomic E-state index is 13.3. The number of anilines is 1. The van der Waals surface area contributed by atoms with Crippen molar-refractivity contribution >= 4 is 32.6 Å². The van der Waals surface area contributed by atoms with E-state index in [1.54, 1.807) is 29.4 Å². The molecule has 3 aromatic rings. The number of aryl methyl sites for hydroxylation is 2. The van der Waals surface area contributed by atoms with E-state index in [4.69, 9.17) is 4.42 Å². The van der Waals surface area contributed by atoms with Gasteiger partial charge in [-0.25, -0.2) is 8.42 Å². The highest BCUT2D eigenvalue weighted by molar-refractivity contribution is 7.89. The zero-order valence-electron chi connectivity index (χ0n) is 19.2. The summed E-state index contributed by atoms with van der Waals surface area (Å²) in [5.74, 6) is 0.493. The average molecular weight is 455 g/mol. The second-order valence-corrected chi connectivity index (χ2v) is 11.1. The van der Waals surface area contributed by atoms with Crippen LogP contribution < -0.4 is 5.32 Å². The lowest BCUT2D eigenvalue weighted by molar-refractivity contribution is 0.0998. The Kier molecular flexibility index (Phi) is 5.90. The third-order valence-electron chi connectivity index (χ3n) is 6.44. The number of carbonyl (C=O) groups excluding carboxylic acids is 1. The van der Waals surface area contributed by atoms with Crippen molar-refractivity contribution < 1.29 is 17.6 Å². The number of hydrogen-bond acceptors (Lipinski definition) is 4. The molecule has 0 radical (unpaired) electrons. The van der Waals surface area contributed by atoms with Crippen molar-refractivity contribution in [3.05, 3.63) is 58.8 Å². The van der Waals surface area contributed by atoms with Gasteiger partial charge in [0.15, 0.2) is 5.76 Å². The first kappa shape index (κ1) is 22.6. The summed E-state index contributed by atoms with van der Waals surface area (Å²) in [6.07, 6.45) is 1.03. The summed E-state index contributed by atoms with van der Waals surface area (Å²) in [7, 11) is -3.61. The molecule has 1 saturated heterocycles. The molecule has 0 spiro atoms. The number of rotatable bonds is 4. The van der Waals surface area contributed by atoms with Crippen LogP contribution in [0.1, 0.15) is 47.5 Å². The first-order chi connectivity index (χ1) is 15.1. The maximum atomic E-state index is 13.3. The number of piperidine rings is 1. The van der Waals surface area contributed by atoms with Crippen LogP contribution >= 0.6 is 0 Å². The minimum absolute atomic E-state index is 0.190. The lowest BCUT2D eigenvalue weighted by Gasteiger charge is -2.34. The summed E-state index contributed by atoms with van der Waals surface area (Å²) in [6, 6.07) is 10.6. The minimum Gasteiger partial charge on any atom is -0.451 e. The summed E-state index contributed by atoms with van der Waals surface area (Å²) in [6.45, 7) is 11.0. The Morgan fingerprint density at radius 3 is 2.41 bits per heavy atom. The van der Waals surface area contributed by atoms with Crippen LogP contribution in [0.4, 0.5) is 5.69 Å². The Hall–Kier alpha value is -2.64. The van der Waals surface area contributed by atoms with Crippen LogP contribution in [0.15, 0.2) is 45.7 Å². The van der Waals surface area contributed by atoms with Crippen LogP contribution in [0, 0.1) is 32.6 Å². The topological polar surface area (TPSA) is 79.6 Å². The number of nitrogens with zero attached hydrogens (tertiary/aromatic N) is 1. The van der Waals surface area contributed by atoms with Gasteiger partial charge in [-0.3, -0.25) is 4.79 Å². The maximum Gasteiger partial charge on any atom is 0.291 e. The molecule has 1 N–H and O–H groups in total. The van der Waals surface area contributed by atoms with E-state index in [9.17, 15) is 13.2 Å². The predicted molar refractivity (Wildman–Crippen MR) is 127 cm³/mol. The highest BCUT2D eigenvalue weighted by atomic mass is 32.2. The third kappa shape index (κ3) is 4.07. The molecule has 1 aliphatic rings. The summed E-state index contributed by atoms with van der Waals surface area (Å²) in [5, 5.41) is 3.55. The fourth-order valence-electron chi connectivity index (χ4n) is 4.59. The van der Waals surface area contributed by atoms with Crippen LogP contribution in [0.25, 0.3) is 11.0 Å². The van der Waals surface area contributed by atoms with E-state index < -0.39 is 10.0 Å². The Bertz CT molecular complexity index is 1280. The lowest BCUT2D eigenvalue weighted by Crippen LogP contribution is -2.42. The SMILES string of the molecule is Cc1cccc(NC(=O)c2oc3ccc(S(=O)(=O)N4C[C@H](C)C[C@H](C)C4)cc3c2C)c1C. The molecule has 1 aromatic heterocycles. The van der Waals surface area contributed by atoms with E-state index in [1.807, 2.05) is 32.0 Å². The molecule has 6 nitrogen and oxygen atoms in total. The Balaban J connectivity index is 1.66. The van der Waals surface area contributed by atoms with Crippen LogP contribution in [0.2, 0.25) is 0 Å². The van der Waals surface area contributed by atoms with Crippen molar-refractivity contribution in [1.29, 1.82) is 0 Å². The van der Waals surface area contributed by atoms with Gasteiger partial charge >= 0.3 is 0 Å². The molecule has 2 aromatic carbocycles. The minimum atomic E-state index is -3.61. The lowest BCUT2D eigenvalue weighted by atomic mass is 9.94. The monoisotopic (exact) mass is 454 g/mol. The molecule has 0 saturated carbocycles. The predicted octanol–water partition coefficient (Wildman–Crippen LogP) is 5.28. The van der Waals surface area contributed by atoms with E-state index >= 15 is 0 Å². The van der Waals surface area contributed by atoms with E-state index in [0.717, 1.165) is 23.2 Å². The van der Waals surface area contributed by atoms with E-state index in [1.165, 1.54) is 0 Å². The Morgan fingerprint density at radius 1 is 1.03 bits per heavy atom. The van der Waals surface area contributed by atoms with Crippen LogP contribution in [0.3, 0.4) is 0 Å². The number of hydrogen-bond donors (Lipinski definition) is 1. The molecule has 0 bridgehead atoms. The van der Waals surface area contributed by atoms with Crippen molar-refractivity contribution in [3.8, 4) is 0 Å². The standard InChI is InChI=1S/C25H30N2O4S/c1-15-11-16(2)14-27(13-15)32(29,30)20-9-10-23-21(12-20)19(5)24(31-23)25(28)26-22-8-6-7-17(3)18(22)4/h6-10,12,15-16H,11,13-14H2,1-5H3,(H,26,28)/t15-,16+. The van der Waals surface area contributed by atoms with Crippen molar-refractivity contribution in [2.45, 2.75) is 45.9 Å². The van der Waals surface area contributed by atoms with Gasteiger partial charge in [-0.2, -0.15) is 4.31 Å². The summed E-state index contributed by atoms with van der Waals surface area (Å²) in [5.41, 5.74) is 3.92. The third-order valence-corrected chi connectivity index (χ3v) is 8.27. The van der Waals surface area contributed by atoms with Gasteiger partial charge in [0.1, 0.15) is 5.58 Å². The number of benzene rings is 2. The molecule has 1 amide bonds. The highest BCUT2D eigenvalue weighted by Crippen LogP contribution is 2.32. The number of amides is 1. The van der Waals surface area contributed by atoms with Gasteiger partial charge in [0.25, 0.3) is 5.91 Å². The first-order valence-electron chi connectivity index (χ1n) is 11.0. The number of fused-ring (bicyclic) bond motifs is 1. The number of sulfonamides is 1. The zero-order chi connectivity index (χ0) is 23.2.